The molecule has 24 heavy (non-hydrogen) atoms. The molecule has 10 heteroatoms. The van der Waals surface area contributed by atoms with Crippen LogP contribution in [0.1, 0.15) is 20.7 Å². The van der Waals surface area contributed by atoms with Crippen molar-refractivity contribution in [2.45, 2.75) is 0 Å². The molecule has 0 unspecified atom stereocenters. The third-order valence-corrected chi connectivity index (χ3v) is 7.18. The van der Waals surface area contributed by atoms with Gasteiger partial charge in [0, 0.05) is 16.1 Å². The summed E-state index contributed by atoms with van der Waals surface area (Å²) in [5, 5.41) is -1.20. The molecule has 0 heterocycles. The molecule has 0 spiro atoms. The average Bonchev–Trinajstić information content (AvgIpc) is 2.42. The van der Waals surface area contributed by atoms with Crippen LogP contribution in [0.5, 0.6) is 0 Å². The van der Waals surface area contributed by atoms with Crippen molar-refractivity contribution < 1.29 is 18.4 Å². The second-order valence-electron chi connectivity index (χ2n) is 4.23. The Kier molecular flexibility index (Phi) is 7.99. The van der Waals surface area contributed by atoms with Gasteiger partial charge in [-0.1, -0.05) is 31.9 Å². The summed E-state index contributed by atoms with van der Waals surface area (Å²) in [6.07, 6.45) is 0. The van der Waals surface area contributed by atoms with E-state index in [0.717, 1.165) is 0 Å². The zero-order valence-electron chi connectivity index (χ0n) is 11.2. The SMILES string of the molecule is O=C(SSC(=O)c1c(F)cc(Br)cc1I)c1c(F)cc(Br)cc1I. The molecule has 0 radical (unpaired) electrons. The van der Waals surface area contributed by atoms with Crippen LogP contribution in [0.2, 0.25) is 0 Å². The molecule has 0 aliphatic rings. The third-order valence-electron chi connectivity index (χ3n) is 2.62. The first-order valence-electron chi connectivity index (χ1n) is 5.93. The number of carbonyl (C=O) groups is 2. The van der Waals surface area contributed by atoms with Crippen molar-refractivity contribution >= 4 is 109 Å². The minimum Gasteiger partial charge on any atom is -0.280 e. The van der Waals surface area contributed by atoms with Crippen LogP contribution in [0.4, 0.5) is 8.78 Å². The highest BCUT2D eigenvalue weighted by atomic mass is 127. The fourth-order valence-corrected chi connectivity index (χ4v) is 7.08. The zero-order chi connectivity index (χ0) is 18.0. The van der Waals surface area contributed by atoms with Gasteiger partial charge in [0.15, 0.2) is 0 Å². The van der Waals surface area contributed by atoms with E-state index in [1.165, 1.54) is 12.1 Å². The maximum Gasteiger partial charge on any atom is 0.234 e. The summed E-state index contributed by atoms with van der Waals surface area (Å²) in [5.74, 6) is -1.35. The topological polar surface area (TPSA) is 34.1 Å². The van der Waals surface area contributed by atoms with Crippen molar-refractivity contribution in [2.24, 2.45) is 0 Å². The van der Waals surface area contributed by atoms with Gasteiger partial charge in [0.25, 0.3) is 0 Å². The van der Waals surface area contributed by atoms with Gasteiger partial charge < -0.3 is 0 Å². The van der Waals surface area contributed by atoms with Gasteiger partial charge in [-0.3, -0.25) is 9.59 Å². The lowest BCUT2D eigenvalue weighted by molar-refractivity contribution is 0.107. The fourth-order valence-electron chi connectivity index (χ4n) is 1.63. The summed E-state index contributed by atoms with van der Waals surface area (Å²) in [4.78, 5) is 24.4. The molecular formula is C14H4Br2F2I2O2S2. The van der Waals surface area contributed by atoms with Crippen LogP contribution in [0.15, 0.2) is 33.2 Å². The lowest BCUT2D eigenvalue weighted by Gasteiger charge is -2.07. The molecule has 0 atom stereocenters. The summed E-state index contributed by atoms with van der Waals surface area (Å²) >= 11 is 9.97. The molecule has 0 aliphatic heterocycles. The Morgan fingerprint density at radius 2 is 1.12 bits per heavy atom. The standard InChI is InChI=1S/C14H4Br2F2I2O2S2/c15-5-1-7(17)11(9(19)3-5)13(21)23-24-14(22)12-8(18)2-6(16)4-10(12)20/h1-4H. The van der Waals surface area contributed by atoms with Crippen LogP contribution in [0.3, 0.4) is 0 Å². The largest absolute Gasteiger partial charge is 0.280 e. The third kappa shape index (κ3) is 5.15. The molecule has 0 saturated carbocycles. The molecule has 2 rings (SSSR count). The Balaban J connectivity index is 2.17. The second kappa shape index (κ2) is 9.11. The van der Waals surface area contributed by atoms with E-state index in [-0.39, 0.29) is 11.1 Å². The number of rotatable bonds is 2. The van der Waals surface area contributed by atoms with E-state index in [2.05, 4.69) is 31.9 Å². The van der Waals surface area contributed by atoms with E-state index in [1.807, 2.05) is 45.2 Å². The number of benzene rings is 2. The molecule has 0 aromatic heterocycles. The van der Waals surface area contributed by atoms with Gasteiger partial charge in [0.05, 0.1) is 11.1 Å². The molecule has 0 amide bonds. The van der Waals surface area contributed by atoms with Gasteiger partial charge in [0.2, 0.25) is 10.2 Å². The van der Waals surface area contributed by atoms with Crippen LogP contribution in [0, 0.1) is 18.8 Å². The van der Waals surface area contributed by atoms with Crippen LogP contribution < -0.4 is 0 Å². The van der Waals surface area contributed by atoms with Crippen molar-refractivity contribution in [3.63, 3.8) is 0 Å². The first-order chi connectivity index (χ1) is 11.2. The van der Waals surface area contributed by atoms with Crippen LogP contribution in [-0.2, 0) is 0 Å². The maximum atomic E-state index is 14.0. The summed E-state index contributed by atoms with van der Waals surface area (Å²) in [6, 6.07) is 5.56. The van der Waals surface area contributed by atoms with E-state index in [4.69, 9.17) is 0 Å². The predicted molar refractivity (Wildman–Crippen MR) is 117 cm³/mol. The molecule has 0 bridgehead atoms. The quantitative estimate of drug-likeness (QED) is 0.246. The highest BCUT2D eigenvalue weighted by Gasteiger charge is 2.22. The number of halogens is 6. The van der Waals surface area contributed by atoms with Crippen molar-refractivity contribution in [3.05, 3.63) is 63.1 Å². The van der Waals surface area contributed by atoms with Crippen LogP contribution >= 0.6 is 98.6 Å². The van der Waals surface area contributed by atoms with Crippen molar-refractivity contribution in [1.82, 2.24) is 0 Å². The minimum absolute atomic E-state index is 0.102. The Bertz CT molecular complexity index is 734. The maximum absolute atomic E-state index is 14.0. The second-order valence-corrected chi connectivity index (χ2v) is 10.5. The molecule has 0 fully saturated rings. The van der Waals surface area contributed by atoms with E-state index in [0.29, 0.717) is 37.7 Å². The Hall–Kier alpha value is 0.760. The summed E-state index contributed by atoms with van der Waals surface area (Å²) in [7, 11) is 1.15. The van der Waals surface area contributed by atoms with E-state index < -0.39 is 21.9 Å². The van der Waals surface area contributed by atoms with Gasteiger partial charge in [0.1, 0.15) is 11.6 Å². The van der Waals surface area contributed by atoms with E-state index >= 15 is 0 Å². The molecule has 2 nitrogen and oxygen atoms in total. The predicted octanol–water partition coefficient (Wildman–Crippen LogP) is 7.06. The Labute approximate surface area is 188 Å². The number of hydrogen-bond acceptors (Lipinski definition) is 4. The smallest absolute Gasteiger partial charge is 0.234 e. The van der Waals surface area contributed by atoms with E-state index in [1.54, 1.807) is 12.1 Å². The number of carbonyl (C=O) groups excluding carboxylic acids is 2. The summed E-state index contributed by atoms with van der Waals surface area (Å²) in [6.45, 7) is 0. The van der Waals surface area contributed by atoms with Crippen LogP contribution in [-0.4, -0.2) is 10.2 Å². The van der Waals surface area contributed by atoms with Crippen molar-refractivity contribution in [2.75, 3.05) is 0 Å². The van der Waals surface area contributed by atoms with Crippen molar-refractivity contribution in [3.8, 4) is 0 Å². The van der Waals surface area contributed by atoms with Gasteiger partial charge in [-0.05, 0) is 91.0 Å². The Morgan fingerprint density at radius 3 is 1.42 bits per heavy atom. The average molecular weight is 720 g/mol. The van der Waals surface area contributed by atoms with Gasteiger partial charge in [-0.25, -0.2) is 8.78 Å². The fraction of sp³-hybridized carbons (Fsp3) is 0. The van der Waals surface area contributed by atoms with Crippen LogP contribution in [0.25, 0.3) is 0 Å². The minimum atomic E-state index is -0.677. The van der Waals surface area contributed by atoms with Gasteiger partial charge in [-0.15, -0.1) is 0 Å². The molecule has 126 valence electrons. The Morgan fingerprint density at radius 1 is 0.792 bits per heavy atom. The lowest BCUT2D eigenvalue weighted by Crippen LogP contribution is -2.04. The van der Waals surface area contributed by atoms with Crippen molar-refractivity contribution in [1.29, 1.82) is 0 Å². The number of hydrogen-bond donors (Lipinski definition) is 0. The summed E-state index contributed by atoms with van der Waals surface area (Å²) in [5.41, 5.74) is -0.204. The molecule has 0 saturated heterocycles. The lowest BCUT2D eigenvalue weighted by atomic mass is 10.2. The molecular weight excluding hydrogens is 716 g/mol. The molecule has 2 aromatic carbocycles. The monoisotopic (exact) mass is 718 g/mol. The van der Waals surface area contributed by atoms with Gasteiger partial charge >= 0.3 is 0 Å². The molecule has 0 aliphatic carbocycles. The van der Waals surface area contributed by atoms with E-state index in [9.17, 15) is 18.4 Å². The first kappa shape index (κ1) is 21.1. The molecule has 0 N–H and O–H groups in total. The molecule has 2 aromatic rings. The zero-order valence-corrected chi connectivity index (χ0v) is 20.3. The van der Waals surface area contributed by atoms with Gasteiger partial charge in [-0.2, -0.15) is 0 Å². The summed E-state index contributed by atoms with van der Waals surface area (Å²) < 4.78 is 29.8. The normalized spacial score (nSPS) is 10.8. The highest BCUT2D eigenvalue weighted by molar-refractivity contribution is 14.1. The first-order valence-corrected chi connectivity index (χ1v) is 11.8. The highest BCUT2D eigenvalue weighted by Crippen LogP contribution is 2.35.